The molecule has 0 unspecified atom stereocenters. The van der Waals surface area contributed by atoms with E-state index >= 15 is 0 Å². The van der Waals surface area contributed by atoms with E-state index < -0.39 is 23.5 Å². The molecule has 0 atom stereocenters. The Bertz CT molecular complexity index is 1360. The highest BCUT2D eigenvalue weighted by molar-refractivity contribution is 5.66. The Kier molecular flexibility index (Phi) is 10.9. The Morgan fingerprint density at radius 3 is 1.28 bits per heavy atom. The minimum Gasteiger partial charge on any atom is -0.445 e. The molecule has 2 aromatic carbocycles. The summed E-state index contributed by atoms with van der Waals surface area (Å²) in [5.41, 5.74) is 0.817. The Hall–Kier alpha value is -4.20. The minimum atomic E-state index is -4.38. The molecule has 2 aromatic heterocycles. The number of nitrogens with zero attached hydrogens (tertiary/aromatic N) is 2. The van der Waals surface area contributed by atoms with Crippen LogP contribution in [0.3, 0.4) is 0 Å². The highest BCUT2D eigenvalue weighted by Crippen LogP contribution is 2.30. The van der Waals surface area contributed by atoms with Gasteiger partial charge in [-0.05, 0) is 47.5 Å². The van der Waals surface area contributed by atoms with Crippen molar-refractivity contribution in [2.75, 3.05) is 26.4 Å². The van der Waals surface area contributed by atoms with E-state index in [0.29, 0.717) is 60.7 Å². The average molecular weight is 609 g/mol. The number of hydrogen-bond acceptors (Lipinski definition) is 7. The van der Waals surface area contributed by atoms with E-state index in [0.717, 1.165) is 24.3 Å². The second-order valence-electron chi connectivity index (χ2n) is 8.98. The molecule has 0 radical (unpaired) electrons. The molecule has 0 saturated heterocycles. The molecule has 43 heavy (non-hydrogen) atoms. The van der Waals surface area contributed by atoms with Gasteiger partial charge in [0.15, 0.2) is 0 Å². The van der Waals surface area contributed by atoms with Gasteiger partial charge in [-0.15, -0.1) is 0 Å². The smallest absolute Gasteiger partial charge is 0.416 e. The van der Waals surface area contributed by atoms with Gasteiger partial charge in [0.2, 0.25) is 11.8 Å². The van der Waals surface area contributed by atoms with Crippen molar-refractivity contribution in [3.63, 3.8) is 0 Å². The first-order chi connectivity index (χ1) is 20.6. The van der Waals surface area contributed by atoms with Gasteiger partial charge in [-0.25, -0.2) is 9.97 Å². The zero-order chi connectivity index (χ0) is 30.7. The summed E-state index contributed by atoms with van der Waals surface area (Å²) < 4.78 is 103. The maximum atomic E-state index is 12.6. The molecule has 0 fully saturated rings. The van der Waals surface area contributed by atoms with Crippen molar-refractivity contribution in [2.24, 2.45) is 0 Å². The van der Waals surface area contributed by atoms with Crippen molar-refractivity contribution in [3.05, 3.63) is 106 Å². The standard InChI is InChI=1S/C30H26F6N2O5/c31-29(32,33)23-7-1-21(2-8-23)5-11-27-37-25(19-42-27)17-40-15-13-39-14-16-41-18-26-20-43-28(38-26)12-6-22-3-9-24(10-4-22)30(34,35)36/h1-12,19-20H,13-18H2/b11-5+,12-6+. The zero-order valence-electron chi connectivity index (χ0n) is 22.5. The number of rotatable bonds is 14. The van der Waals surface area contributed by atoms with Crippen LogP contribution in [0.4, 0.5) is 26.3 Å². The van der Waals surface area contributed by atoms with E-state index in [2.05, 4.69) is 9.97 Å². The summed E-state index contributed by atoms with van der Waals surface area (Å²) in [7, 11) is 0. The van der Waals surface area contributed by atoms with E-state index in [1.165, 1.54) is 36.8 Å². The van der Waals surface area contributed by atoms with Crippen molar-refractivity contribution < 1.29 is 49.4 Å². The fourth-order valence-corrected chi connectivity index (χ4v) is 3.52. The van der Waals surface area contributed by atoms with E-state index in [9.17, 15) is 26.3 Å². The summed E-state index contributed by atoms with van der Waals surface area (Å²) in [6, 6.07) is 9.47. The third-order valence-corrected chi connectivity index (χ3v) is 5.70. The van der Waals surface area contributed by atoms with Crippen LogP contribution in [-0.2, 0) is 39.8 Å². The summed E-state index contributed by atoms with van der Waals surface area (Å²) >= 11 is 0. The third kappa shape index (κ3) is 10.5. The molecule has 0 saturated carbocycles. The van der Waals surface area contributed by atoms with Gasteiger partial charge in [0.25, 0.3) is 0 Å². The average Bonchev–Trinajstić information content (AvgIpc) is 3.63. The van der Waals surface area contributed by atoms with Crippen LogP contribution in [-0.4, -0.2) is 36.4 Å². The lowest BCUT2D eigenvalue weighted by Gasteiger charge is -2.05. The summed E-state index contributed by atoms with van der Waals surface area (Å²) in [5, 5.41) is 0. The second kappa shape index (κ2) is 14.8. The van der Waals surface area contributed by atoms with Crippen LogP contribution in [0.1, 0.15) is 45.4 Å². The Morgan fingerprint density at radius 1 is 0.535 bits per heavy atom. The Labute approximate surface area is 242 Å². The predicted octanol–water partition coefficient (Wildman–Crippen LogP) is 7.79. The first-order valence-electron chi connectivity index (χ1n) is 12.9. The van der Waals surface area contributed by atoms with Crippen LogP contribution in [0, 0.1) is 0 Å². The van der Waals surface area contributed by atoms with Crippen molar-refractivity contribution in [1.82, 2.24) is 9.97 Å². The van der Waals surface area contributed by atoms with Gasteiger partial charge >= 0.3 is 12.4 Å². The van der Waals surface area contributed by atoms with Crippen LogP contribution in [0.15, 0.2) is 69.9 Å². The number of aromatic nitrogens is 2. The Morgan fingerprint density at radius 2 is 0.907 bits per heavy atom. The van der Waals surface area contributed by atoms with Crippen molar-refractivity contribution in [2.45, 2.75) is 25.6 Å². The molecule has 0 aliphatic carbocycles. The van der Waals surface area contributed by atoms with Gasteiger partial charge in [-0.2, -0.15) is 26.3 Å². The quantitative estimate of drug-likeness (QED) is 0.107. The minimum absolute atomic E-state index is 0.194. The van der Waals surface area contributed by atoms with Crippen molar-refractivity contribution >= 4 is 24.3 Å². The van der Waals surface area contributed by atoms with E-state index in [1.807, 2.05) is 0 Å². The molecule has 0 aliphatic rings. The fourth-order valence-electron chi connectivity index (χ4n) is 3.52. The zero-order valence-corrected chi connectivity index (χ0v) is 22.5. The maximum Gasteiger partial charge on any atom is 0.416 e. The van der Waals surface area contributed by atoms with Gasteiger partial charge in [-0.1, -0.05) is 24.3 Å². The fraction of sp³-hybridized carbons (Fsp3) is 0.267. The number of oxazole rings is 2. The second-order valence-corrected chi connectivity index (χ2v) is 8.98. The van der Waals surface area contributed by atoms with Crippen LogP contribution in [0.2, 0.25) is 0 Å². The first kappa shape index (κ1) is 31.7. The normalized spacial score (nSPS) is 12.6. The molecule has 0 bridgehead atoms. The molecule has 0 aliphatic heterocycles. The highest BCUT2D eigenvalue weighted by atomic mass is 19.4. The van der Waals surface area contributed by atoms with E-state index in [4.69, 9.17) is 23.0 Å². The van der Waals surface area contributed by atoms with Crippen LogP contribution in [0.25, 0.3) is 24.3 Å². The van der Waals surface area contributed by atoms with Crippen molar-refractivity contribution in [3.8, 4) is 0 Å². The van der Waals surface area contributed by atoms with Gasteiger partial charge in [-0.3, -0.25) is 0 Å². The van der Waals surface area contributed by atoms with Gasteiger partial charge in [0.1, 0.15) is 23.9 Å². The van der Waals surface area contributed by atoms with E-state index in [1.54, 1.807) is 24.3 Å². The molecular formula is C30H26F6N2O5. The molecule has 13 heteroatoms. The number of alkyl halides is 6. The molecule has 2 heterocycles. The van der Waals surface area contributed by atoms with Gasteiger partial charge in [0.05, 0.1) is 50.8 Å². The summed E-state index contributed by atoms with van der Waals surface area (Å²) in [6.45, 7) is 1.65. The number of ether oxygens (including phenoxy) is 3. The monoisotopic (exact) mass is 608 g/mol. The van der Waals surface area contributed by atoms with Crippen LogP contribution >= 0.6 is 0 Å². The highest BCUT2D eigenvalue weighted by Gasteiger charge is 2.30. The van der Waals surface area contributed by atoms with Crippen LogP contribution < -0.4 is 0 Å². The molecular weight excluding hydrogens is 582 g/mol. The molecule has 0 amide bonds. The van der Waals surface area contributed by atoms with Crippen molar-refractivity contribution in [1.29, 1.82) is 0 Å². The largest absolute Gasteiger partial charge is 0.445 e. The summed E-state index contributed by atoms with van der Waals surface area (Å²) in [4.78, 5) is 8.47. The number of hydrogen-bond donors (Lipinski definition) is 0. The molecule has 228 valence electrons. The summed E-state index contributed by atoms with van der Waals surface area (Å²) in [6.07, 6.45) is 0.395. The van der Waals surface area contributed by atoms with Crippen LogP contribution in [0.5, 0.6) is 0 Å². The summed E-state index contributed by atoms with van der Waals surface area (Å²) in [5.74, 6) is 0.586. The van der Waals surface area contributed by atoms with E-state index in [-0.39, 0.29) is 13.2 Å². The van der Waals surface area contributed by atoms with Gasteiger partial charge in [0, 0.05) is 12.2 Å². The lowest BCUT2D eigenvalue weighted by molar-refractivity contribution is -0.138. The molecule has 0 N–H and O–H groups in total. The molecule has 4 rings (SSSR count). The SMILES string of the molecule is FC(F)(F)c1ccc(/C=C/c2nc(COCCOCCOCc3coc(/C=C/c4ccc(C(F)(F)F)cc4)n3)co2)cc1. The maximum absolute atomic E-state index is 12.6. The molecule has 0 spiro atoms. The number of benzene rings is 2. The molecule has 4 aromatic rings. The topological polar surface area (TPSA) is 79.8 Å². The van der Waals surface area contributed by atoms with Gasteiger partial charge < -0.3 is 23.0 Å². The Balaban J connectivity index is 1.05. The lowest BCUT2D eigenvalue weighted by atomic mass is 10.1. The lowest BCUT2D eigenvalue weighted by Crippen LogP contribution is -2.09. The number of halogens is 6. The molecule has 7 nitrogen and oxygen atoms in total. The predicted molar refractivity (Wildman–Crippen MR) is 144 cm³/mol. The third-order valence-electron chi connectivity index (χ3n) is 5.70. The first-order valence-corrected chi connectivity index (χ1v) is 12.9.